The zero-order valence-corrected chi connectivity index (χ0v) is 12.2. The van der Waals surface area contributed by atoms with Crippen LogP contribution in [0.2, 0.25) is 0 Å². The van der Waals surface area contributed by atoms with E-state index >= 15 is 0 Å². The smallest absolute Gasteiger partial charge is 0.252 e. The van der Waals surface area contributed by atoms with Crippen LogP contribution in [0.4, 0.5) is 0 Å². The van der Waals surface area contributed by atoms with Crippen LogP contribution in [-0.2, 0) is 4.74 Å². The maximum atomic E-state index is 12.2. The van der Waals surface area contributed by atoms with Gasteiger partial charge in [-0.3, -0.25) is 4.79 Å². The predicted octanol–water partition coefficient (Wildman–Crippen LogP) is 2.59. The highest BCUT2D eigenvalue weighted by Gasteiger charge is 2.38. The van der Waals surface area contributed by atoms with E-state index in [2.05, 4.69) is 27.9 Å². The molecule has 1 saturated heterocycles. The summed E-state index contributed by atoms with van der Waals surface area (Å²) in [6.07, 6.45) is 0.927. The van der Waals surface area contributed by atoms with Crippen LogP contribution < -0.4 is 5.32 Å². The van der Waals surface area contributed by atoms with Crippen molar-refractivity contribution in [3.05, 3.63) is 33.4 Å². The number of halogens is 1. The number of carbonyl (C=O) groups is 1. The molecule has 2 atom stereocenters. The lowest BCUT2D eigenvalue weighted by molar-refractivity contribution is 0.0727. The number of hydrogen-bond acceptors (Lipinski definition) is 2. The van der Waals surface area contributed by atoms with Crippen molar-refractivity contribution in [2.75, 3.05) is 6.61 Å². The Morgan fingerprint density at radius 3 is 2.82 bits per heavy atom. The van der Waals surface area contributed by atoms with Gasteiger partial charge >= 0.3 is 0 Å². The molecule has 0 aliphatic carbocycles. The number of nitrogens with one attached hydrogen (secondary N) is 1. The van der Waals surface area contributed by atoms with Crippen LogP contribution in [0, 0.1) is 3.57 Å². The summed E-state index contributed by atoms with van der Waals surface area (Å²) < 4.78 is 6.49. The molecule has 1 aromatic rings. The maximum absolute atomic E-state index is 12.2. The summed E-state index contributed by atoms with van der Waals surface area (Å²) in [6.45, 7) is 4.76. The van der Waals surface area contributed by atoms with Gasteiger partial charge in [-0.25, -0.2) is 0 Å². The molecule has 4 heteroatoms. The fourth-order valence-corrected chi connectivity index (χ4v) is 2.60. The van der Waals surface area contributed by atoms with E-state index in [1.165, 1.54) is 0 Å². The van der Waals surface area contributed by atoms with Gasteiger partial charge in [0.25, 0.3) is 5.91 Å². The maximum Gasteiger partial charge on any atom is 0.252 e. The molecule has 1 aliphatic rings. The first-order valence-electron chi connectivity index (χ1n) is 5.71. The Morgan fingerprint density at radius 2 is 2.24 bits per heavy atom. The van der Waals surface area contributed by atoms with Crippen LogP contribution in [0.15, 0.2) is 24.3 Å². The minimum Gasteiger partial charge on any atom is -0.376 e. The molecule has 1 N–H and O–H groups in total. The van der Waals surface area contributed by atoms with Crippen molar-refractivity contribution < 1.29 is 9.53 Å². The van der Waals surface area contributed by atoms with Gasteiger partial charge in [-0.2, -0.15) is 0 Å². The number of rotatable bonds is 2. The molecule has 3 nitrogen and oxygen atoms in total. The molecule has 17 heavy (non-hydrogen) atoms. The van der Waals surface area contributed by atoms with E-state index in [1.807, 2.05) is 38.1 Å². The Labute approximate surface area is 115 Å². The number of benzene rings is 1. The third-order valence-electron chi connectivity index (χ3n) is 3.40. The van der Waals surface area contributed by atoms with E-state index < -0.39 is 0 Å². The quantitative estimate of drug-likeness (QED) is 0.837. The SMILES string of the molecule is CC1OCCC1(C)NC(=O)c1ccccc1I. The predicted molar refractivity (Wildman–Crippen MR) is 75.1 cm³/mol. The Balaban J connectivity index is 2.15. The summed E-state index contributed by atoms with van der Waals surface area (Å²) >= 11 is 2.18. The molecule has 92 valence electrons. The Bertz CT molecular complexity index is 435. The molecule has 0 aromatic heterocycles. The van der Waals surface area contributed by atoms with Crippen LogP contribution >= 0.6 is 22.6 Å². The number of hydrogen-bond donors (Lipinski definition) is 1. The lowest BCUT2D eigenvalue weighted by Gasteiger charge is -2.29. The van der Waals surface area contributed by atoms with E-state index in [0.29, 0.717) is 6.61 Å². The molecule has 1 aromatic carbocycles. The Morgan fingerprint density at radius 1 is 1.53 bits per heavy atom. The van der Waals surface area contributed by atoms with E-state index in [0.717, 1.165) is 15.6 Å². The highest BCUT2D eigenvalue weighted by atomic mass is 127. The molecule has 2 unspecified atom stereocenters. The van der Waals surface area contributed by atoms with E-state index in [-0.39, 0.29) is 17.6 Å². The first kappa shape index (κ1) is 12.8. The lowest BCUT2D eigenvalue weighted by atomic mass is 9.94. The van der Waals surface area contributed by atoms with Crippen molar-refractivity contribution in [1.82, 2.24) is 5.32 Å². The molecule has 0 spiro atoms. The molecule has 0 bridgehead atoms. The van der Waals surface area contributed by atoms with Gasteiger partial charge in [0, 0.05) is 10.2 Å². The van der Waals surface area contributed by atoms with E-state index in [1.54, 1.807) is 0 Å². The average Bonchev–Trinajstić information content (AvgIpc) is 2.59. The summed E-state index contributed by atoms with van der Waals surface area (Å²) in [4.78, 5) is 12.2. The van der Waals surface area contributed by atoms with Gasteiger partial charge in [0.2, 0.25) is 0 Å². The normalized spacial score (nSPS) is 28.1. The number of carbonyl (C=O) groups excluding carboxylic acids is 1. The van der Waals surface area contributed by atoms with Gasteiger partial charge in [-0.05, 0) is 55.0 Å². The summed E-state index contributed by atoms with van der Waals surface area (Å²) in [5.41, 5.74) is 0.476. The monoisotopic (exact) mass is 345 g/mol. The zero-order chi connectivity index (χ0) is 12.5. The second-order valence-corrected chi connectivity index (χ2v) is 5.78. The minimum absolute atomic E-state index is 0.0187. The number of ether oxygens (including phenoxy) is 1. The summed E-state index contributed by atoms with van der Waals surface area (Å²) in [6, 6.07) is 7.60. The van der Waals surface area contributed by atoms with Crippen LogP contribution in [0.5, 0.6) is 0 Å². The van der Waals surface area contributed by atoms with E-state index in [4.69, 9.17) is 4.74 Å². The van der Waals surface area contributed by atoms with Crippen molar-refractivity contribution in [3.8, 4) is 0 Å². The van der Waals surface area contributed by atoms with Gasteiger partial charge in [-0.15, -0.1) is 0 Å². The third-order valence-corrected chi connectivity index (χ3v) is 4.34. The second-order valence-electron chi connectivity index (χ2n) is 4.61. The van der Waals surface area contributed by atoms with Crippen molar-refractivity contribution in [3.63, 3.8) is 0 Å². The zero-order valence-electron chi connectivity index (χ0n) is 10.00. The van der Waals surface area contributed by atoms with Crippen LogP contribution in [0.3, 0.4) is 0 Å². The number of amides is 1. The molecule has 2 rings (SSSR count). The van der Waals surface area contributed by atoms with Crippen LogP contribution in [0.1, 0.15) is 30.6 Å². The molecule has 1 fully saturated rings. The third kappa shape index (κ3) is 2.63. The topological polar surface area (TPSA) is 38.3 Å². The Kier molecular flexibility index (Phi) is 3.73. The summed E-state index contributed by atoms with van der Waals surface area (Å²) in [5, 5.41) is 3.09. The average molecular weight is 345 g/mol. The fourth-order valence-electron chi connectivity index (χ4n) is 1.97. The van der Waals surface area contributed by atoms with Crippen molar-refractivity contribution >= 4 is 28.5 Å². The van der Waals surface area contributed by atoms with Crippen molar-refractivity contribution in [2.24, 2.45) is 0 Å². The largest absolute Gasteiger partial charge is 0.376 e. The van der Waals surface area contributed by atoms with Crippen molar-refractivity contribution in [2.45, 2.75) is 31.9 Å². The second kappa shape index (κ2) is 4.94. The minimum atomic E-state index is -0.254. The summed E-state index contributed by atoms with van der Waals surface area (Å²) in [7, 11) is 0. The molecular formula is C13H16INO2. The molecule has 1 amide bonds. The Hall–Kier alpha value is -0.620. The lowest BCUT2D eigenvalue weighted by Crippen LogP contribution is -2.50. The van der Waals surface area contributed by atoms with E-state index in [9.17, 15) is 4.79 Å². The van der Waals surface area contributed by atoms with Crippen molar-refractivity contribution in [1.29, 1.82) is 0 Å². The highest BCUT2D eigenvalue weighted by Crippen LogP contribution is 2.25. The van der Waals surface area contributed by atoms with Gasteiger partial charge in [0.15, 0.2) is 0 Å². The first-order chi connectivity index (χ1) is 8.03. The molecular weight excluding hydrogens is 329 g/mol. The first-order valence-corrected chi connectivity index (χ1v) is 6.79. The molecule has 1 heterocycles. The molecule has 1 aliphatic heterocycles. The van der Waals surface area contributed by atoms with Crippen LogP contribution in [-0.4, -0.2) is 24.2 Å². The van der Waals surface area contributed by atoms with Gasteiger partial charge in [0.1, 0.15) is 0 Å². The van der Waals surface area contributed by atoms with Gasteiger partial charge < -0.3 is 10.1 Å². The standard InChI is InChI=1S/C13H16INO2/c1-9-13(2,7-8-17-9)15-12(16)10-5-3-4-6-11(10)14/h3-6,9H,7-8H2,1-2H3,(H,15,16). The highest BCUT2D eigenvalue weighted by molar-refractivity contribution is 14.1. The summed E-state index contributed by atoms with van der Waals surface area (Å²) in [5.74, 6) is -0.0187. The van der Waals surface area contributed by atoms with Gasteiger partial charge in [-0.1, -0.05) is 12.1 Å². The fraction of sp³-hybridized carbons (Fsp3) is 0.462. The molecule has 0 saturated carbocycles. The van der Waals surface area contributed by atoms with Gasteiger partial charge in [0.05, 0.1) is 17.2 Å². The molecule has 0 radical (unpaired) electrons. The van der Waals surface area contributed by atoms with Crippen LogP contribution in [0.25, 0.3) is 0 Å².